The van der Waals surface area contributed by atoms with E-state index in [1.165, 1.54) is 27.5 Å². The van der Waals surface area contributed by atoms with Crippen molar-refractivity contribution in [3.63, 3.8) is 0 Å². The van der Waals surface area contributed by atoms with Crippen LogP contribution in [0.4, 0.5) is 0 Å². The van der Waals surface area contributed by atoms with E-state index in [4.69, 9.17) is 30.5 Å². The van der Waals surface area contributed by atoms with Crippen molar-refractivity contribution in [1.29, 1.82) is 10.5 Å². The summed E-state index contributed by atoms with van der Waals surface area (Å²) in [6.45, 7) is 0. The minimum atomic E-state index is -0.256. The van der Waals surface area contributed by atoms with Crippen LogP contribution in [-0.2, 0) is 0 Å². The summed E-state index contributed by atoms with van der Waals surface area (Å²) in [7, 11) is 4.46. The maximum Gasteiger partial charge on any atom is 0.203 e. The average Bonchev–Trinajstić information content (AvgIpc) is 2.53. The van der Waals surface area contributed by atoms with Crippen LogP contribution in [0, 0.1) is 22.7 Å². The largest absolute Gasteiger partial charge is 0.493 e. The molecule has 2 N–H and O–H groups in total. The lowest BCUT2D eigenvalue weighted by molar-refractivity contribution is 0.324. The zero-order valence-electron chi connectivity index (χ0n) is 11.9. The van der Waals surface area contributed by atoms with Crippen molar-refractivity contribution in [2.24, 2.45) is 10.7 Å². The molecular weight excluding hydrogens is 272 g/mol. The van der Waals surface area contributed by atoms with Crippen LogP contribution in [0.1, 0.15) is 5.56 Å². The molecule has 0 saturated heterocycles. The molecule has 0 amide bonds. The Morgan fingerprint density at radius 3 is 2.24 bits per heavy atom. The molecule has 0 saturated carbocycles. The first kappa shape index (κ1) is 15.9. The highest BCUT2D eigenvalue weighted by Gasteiger charge is 2.14. The van der Waals surface area contributed by atoms with Crippen molar-refractivity contribution < 1.29 is 14.2 Å². The van der Waals surface area contributed by atoms with Crippen molar-refractivity contribution in [1.82, 2.24) is 0 Å². The molecule has 21 heavy (non-hydrogen) atoms. The van der Waals surface area contributed by atoms with Crippen molar-refractivity contribution in [2.75, 3.05) is 21.3 Å². The summed E-state index contributed by atoms with van der Waals surface area (Å²) in [6.07, 6.45) is 1.36. The quantitative estimate of drug-likeness (QED) is 0.645. The van der Waals surface area contributed by atoms with Crippen LogP contribution in [-0.4, -0.2) is 27.5 Å². The van der Waals surface area contributed by atoms with Gasteiger partial charge in [-0.3, -0.25) is 0 Å². The fourth-order valence-corrected chi connectivity index (χ4v) is 1.57. The van der Waals surface area contributed by atoms with Gasteiger partial charge in [0.15, 0.2) is 17.2 Å². The number of nitrogens with zero attached hydrogens (tertiary/aromatic N) is 3. The monoisotopic (exact) mass is 286 g/mol. The maximum atomic E-state index is 8.89. The van der Waals surface area contributed by atoms with Gasteiger partial charge in [0, 0.05) is 11.8 Å². The third kappa shape index (κ3) is 3.43. The van der Waals surface area contributed by atoms with Gasteiger partial charge in [0.25, 0.3) is 0 Å². The number of ether oxygens (including phenoxy) is 3. The Morgan fingerprint density at radius 2 is 1.76 bits per heavy atom. The summed E-state index contributed by atoms with van der Waals surface area (Å²) in [6, 6.07) is 6.77. The summed E-state index contributed by atoms with van der Waals surface area (Å²) in [5.74, 6) is 1.30. The number of allylic oxidation sites excluding steroid dienone is 2. The van der Waals surface area contributed by atoms with Gasteiger partial charge in [-0.2, -0.15) is 10.5 Å². The van der Waals surface area contributed by atoms with Gasteiger partial charge in [0.1, 0.15) is 17.8 Å². The Labute approximate surface area is 122 Å². The first-order valence-electron chi connectivity index (χ1n) is 5.75. The summed E-state index contributed by atoms with van der Waals surface area (Å²) >= 11 is 0. The first-order valence-corrected chi connectivity index (χ1v) is 5.75. The Balaban J connectivity index is 3.34. The number of nitrogens with two attached hydrogens (primary N) is 1. The summed E-state index contributed by atoms with van der Waals surface area (Å²) < 4.78 is 15.7. The van der Waals surface area contributed by atoms with E-state index >= 15 is 0 Å². The van der Waals surface area contributed by atoms with E-state index in [2.05, 4.69) is 4.99 Å². The lowest BCUT2D eigenvalue weighted by Gasteiger charge is -2.13. The Kier molecular flexibility index (Phi) is 5.60. The van der Waals surface area contributed by atoms with Gasteiger partial charge in [-0.25, -0.2) is 4.99 Å². The molecule has 1 rings (SSSR count). The van der Waals surface area contributed by atoms with Gasteiger partial charge in [-0.05, 0) is 12.1 Å². The van der Waals surface area contributed by atoms with Crippen LogP contribution in [0.5, 0.6) is 17.2 Å². The first-order chi connectivity index (χ1) is 10.1. The van der Waals surface area contributed by atoms with Crippen LogP contribution in [0.25, 0.3) is 0 Å². The minimum absolute atomic E-state index is 0.172. The molecule has 0 radical (unpaired) electrons. The summed E-state index contributed by atoms with van der Waals surface area (Å²) in [5.41, 5.74) is 5.49. The van der Waals surface area contributed by atoms with E-state index in [0.717, 1.165) is 0 Å². The molecule has 0 aromatic heterocycles. The van der Waals surface area contributed by atoms with E-state index in [1.54, 1.807) is 24.3 Å². The van der Waals surface area contributed by atoms with Crippen molar-refractivity contribution in [2.45, 2.75) is 0 Å². The Bertz CT molecular complexity index is 666. The number of aliphatic imine (C=N–C) groups is 1. The number of hydrogen-bond donors (Lipinski definition) is 1. The molecular formula is C14H14N4O3. The predicted molar refractivity (Wildman–Crippen MR) is 76.1 cm³/mol. The van der Waals surface area contributed by atoms with Crippen molar-refractivity contribution in [3.05, 3.63) is 29.1 Å². The fourth-order valence-electron chi connectivity index (χ4n) is 1.57. The Morgan fingerprint density at radius 1 is 1.10 bits per heavy atom. The molecule has 1 aromatic carbocycles. The molecule has 0 atom stereocenters. The molecule has 0 heterocycles. The summed E-state index contributed by atoms with van der Waals surface area (Å²) in [5, 5.41) is 17.6. The van der Waals surface area contributed by atoms with Crippen molar-refractivity contribution >= 4 is 6.21 Å². The number of hydrogen-bond acceptors (Lipinski definition) is 7. The maximum absolute atomic E-state index is 8.89. The second-order valence-electron chi connectivity index (χ2n) is 3.67. The smallest absolute Gasteiger partial charge is 0.203 e. The topological polar surface area (TPSA) is 114 Å². The van der Waals surface area contributed by atoms with Gasteiger partial charge >= 0.3 is 0 Å². The molecule has 0 aliphatic rings. The molecule has 7 nitrogen and oxygen atoms in total. The van der Waals surface area contributed by atoms with Gasteiger partial charge in [-0.1, -0.05) is 0 Å². The zero-order valence-corrected chi connectivity index (χ0v) is 11.9. The van der Waals surface area contributed by atoms with E-state index in [1.807, 2.05) is 0 Å². The second kappa shape index (κ2) is 7.41. The molecule has 0 fully saturated rings. The number of benzene rings is 1. The lowest BCUT2D eigenvalue weighted by Crippen LogP contribution is -2.00. The van der Waals surface area contributed by atoms with E-state index < -0.39 is 0 Å². The van der Waals surface area contributed by atoms with Crippen LogP contribution >= 0.6 is 0 Å². The van der Waals surface area contributed by atoms with E-state index in [-0.39, 0.29) is 11.4 Å². The summed E-state index contributed by atoms with van der Waals surface area (Å²) in [4.78, 5) is 3.89. The normalized spacial score (nSPS) is 11.3. The molecule has 7 heteroatoms. The molecule has 0 aliphatic heterocycles. The van der Waals surface area contributed by atoms with Gasteiger partial charge in [0.05, 0.1) is 21.3 Å². The highest BCUT2D eigenvalue weighted by atomic mass is 16.5. The van der Waals surface area contributed by atoms with Gasteiger partial charge < -0.3 is 19.9 Å². The second-order valence-corrected chi connectivity index (χ2v) is 3.67. The standard InChI is InChI=1S/C14H14N4O3/c1-19-12-5-4-9(13(20-2)14(12)21-3)8-18-11(7-16)10(17)6-15/h4-5,8H,17H2,1-3H3/b11-10-,18-8?. The van der Waals surface area contributed by atoms with Gasteiger partial charge in [0.2, 0.25) is 5.75 Å². The number of nitriles is 2. The lowest BCUT2D eigenvalue weighted by atomic mass is 10.2. The van der Waals surface area contributed by atoms with Gasteiger partial charge in [-0.15, -0.1) is 0 Å². The molecule has 0 aliphatic carbocycles. The highest BCUT2D eigenvalue weighted by molar-refractivity contribution is 5.87. The Hall–Kier alpha value is -3.19. The van der Waals surface area contributed by atoms with Crippen molar-refractivity contribution in [3.8, 4) is 29.4 Å². The molecule has 0 spiro atoms. The molecule has 0 bridgehead atoms. The minimum Gasteiger partial charge on any atom is -0.493 e. The van der Waals surface area contributed by atoms with E-state index in [0.29, 0.717) is 22.8 Å². The van der Waals surface area contributed by atoms with Crippen LogP contribution in [0.3, 0.4) is 0 Å². The molecule has 0 unspecified atom stereocenters. The van der Waals surface area contributed by atoms with Crippen LogP contribution < -0.4 is 19.9 Å². The number of rotatable bonds is 5. The molecule has 108 valence electrons. The highest BCUT2D eigenvalue weighted by Crippen LogP contribution is 2.39. The SMILES string of the molecule is COc1ccc(C=N/C(C#N)=C(\N)C#N)c(OC)c1OC. The average molecular weight is 286 g/mol. The van der Waals surface area contributed by atoms with E-state index in [9.17, 15) is 0 Å². The number of methoxy groups -OCH3 is 3. The third-order valence-electron chi connectivity index (χ3n) is 2.55. The fraction of sp³-hybridized carbons (Fsp3) is 0.214. The van der Waals surface area contributed by atoms with Crippen LogP contribution in [0.2, 0.25) is 0 Å². The molecule has 1 aromatic rings. The zero-order chi connectivity index (χ0) is 15.8. The van der Waals surface area contributed by atoms with Crippen LogP contribution in [0.15, 0.2) is 28.5 Å². The third-order valence-corrected chi connectivity index (χ3v) is 2.55. The predicted octanol–water partition coefficient (Wildman–Crippen LogP) is 1.35.